The van der Waals surface area contributed by atoms with E-state index in [0.29, 0.717) is 0 Å². The summed E-state index contributed by atoms with van der Waals surface area (Å²) in [7, 11) is 1.12. The van der Waals surface area contributed by atoms with Crippen LogP contribution in [0.4, 0.5) is 0 Å². The van der Waals surface area contributed by atoms with E-state index in [1.807, 2.05) is 0 Å². The Morgan fingerprint density at radius 2 is 2.62 bits per heavy atom. The van der Waals surface area contributed by atoms with Crippen molar-refractivity contribution in [2.24, 2.45) is 0 Å². The lowest BCUT2D eigenvalue weighted by Crippen LogP contribution is -2.03. The summed E-state index contributed by atoms with van der Waals surface area (Å²) in [6.45, 7) is 0. The zero-order valence-electron chi connectivity index (χ0n) is 4.58. The van der Waals surface area contributed by atoms with Crippen LogP contribution < -0.4 is 4.84 Å². The summed E-state index contributed by atoms with van der Waals surface area (Å²) in [5.74, 6) is 0. The average molecular weight is 150 g/mol. The summed E-state index contributed by atoms with van der Waals surface area (Å²) in [4.78, 5) is 2.64. The molecule has 0 aromatic rings. The molecule has 1 atom stereocenters. The van der Waals surface area contributed by atoms with Gasteiger partial charge >= 0.3 is 0 Å². The SMILES string of the molecule is ClNC1=CCPCC1. The van der Waals surface area contributed by atoms with Crippen molar-refractivity contribution in [3.05, 3.63) is 11.8 Å². The molecule has 46 valence electrons. The predicted octanol–water partition coefficient (Wildman–Crippen LogP) is 1.70. The van der Waals surface area contributed by atoms with E-state index in [0.717, 1.165) is 15.0 Å². The quantitative estimate of drug-likeness (QED) is 0.442. The zero-order chi connectivity index (χ0) is 5.82. The van der Waals surface area contributed by atoms with Crippen LogP contribution in [-0.4, -0.2) is 12.3 Å². The molecule has 0 spiro atoms. The molecule has 1 unspecified atom stereocenters. The fourth-order valence-corrected chi connectivity index (χ4v) is 1.92. The first-order chi connectivity index (χ1) is 3.93. The minimum absolute atomic E-state index is 1.12. The van der Waals surface area contributed by atoms with Crippen molar-refractivity contribution < 1.29 is 0 Å². The molecule has 0 bridgehead atoms. The number of allylic oxidation sites excluding steroid dienone is 2. The molecular weight excluding hydrogens is 140 g/mol. The van der Waals surface area contributed by atoms with Crippen LogP contribution in [0.3, 0.4) is 0 Å². The Morgan fingerprint density at radius 1 is 1.75 bits per heavy atom. The van der Waals surface area contributed by atoms with Gasteiger partial charge in [0.2, 0.25) is 0 Å². The lowest BCUT2D eigenvalue weighted by atomic mass is 10.3. The zero-order valence-corrected chi connectivity index (χ0v) is 6.33. The third kappa shape index (κ3) is 1.65. The lowest BCUT2D eigenvalue weighted by molar-refractivity contribution is 0.999. The molecule has 1 nitrogen and oxygen atoms in total. The first-order valence-electron chi connectivity index (χ1n) is 2.70. The second-order valence-electron chi connectivity index (χ2n) is 1.78. The molecule has 1 rings (SSSR count). The molecule has 1 heterocycles. The Kier molecular flexibility index (Phi) is 2.65. The molecule has 0 aliphatic carbocycles. The third-order valence-electron chi connectivity index (χ3n) is 1.19. The fraction of sp³-hybridized carbons (Fsp3) is 0.600. The van der Waals surface area contributed by atoms with Gasteiger partial charge in [-0.1, -0.05) is 6.08 Å². The fourth-order valence-electron chi connectivity index (χ4n) is 0.708. The van der Waals surface area contributed by atoms with Gasteiger partial charge in [-0.25, -0.2) is 0 Å². The molecule has 1 aliphatic heterocycles. The topological polar surface area (TPSA) is 12.0 Å². The molecule has 0 amide bonds. The second kappa shape index (κ2) is 3.32. The van der Waals surface area contributed by atoms with Gasteiger partial charge in [0.05, 0.1) is 0 Å². The maximum atomic E-state index is 5.37. The van der Waals surface area contributed by atoms with Gasteiger partial charge in [0.15, 0.2) is 0 Å². The van der Waals surface area contributed by atoms with Crippen molar-refractivity contribution in [1.82, 2.24) is 4.84 Å². The van der Waals surface area contributed by atoms with Crippen molar-refractivity contribution >= 4 is 20.4 Å². The van der Waals surface area contributed by atoms with E-state index in [1.54, 1.807) is 0 Å². The summed E-state index contributed by atoms with van der Waals surface area (Å²) in [6, 6.07) is 0. The molecule has 0 radical (unpaired) electrons. The van der Waals surface area contributed by atoms with Crippen molar-refractivity contribution in [2.75, 3.05) is 12.3 Å². The smallest absolute Gasteiger partial charge is 0.0232 e. The molecule has 0 fully saturated rings. The lowest BCUT2D eigenvalue weighted by Gasteiger charge is -2.09. The summed E-state index contributed by atoms with van der Waals surface area (Å²) in [6.07, 6.45) is 5.84. The number of hydrogen-bond donors (Lipinski definition) is 1. The van der Waals surface area contributed by atoms with Crippen molar-refractivity contribution in [3.8, 4) is 0 Å². The van der Waals surface area contributed by atoms with Crippen LogP contribution in [0.15, 0.2) is 11.8 Å². The Labute approximate surface area is 56.4 Å². The second-order valence-corrected chi connectivity index (χ2v) is 3.38. The molecule has 0 aromatic heterocycles. The van der Waals surface area contributed by atoms with Crippen LogP contribution in [0, 0.1) is 0 Å². The molecule has 0 aromatic carbocycles. The van der Waals surface area contributed by atoms with Crippen LogP contribution >= 0.6 is 20.4 Å². The monoisotopic (exact) mass is 149 g/mol. The average Bonchev–Trinajstić information content (AvgIpc) is 1.90. The first-order valence-corrected chi connectivity index (χ1v) is 4.49. The molecule has 8 heavy (non-hydrogen) atoms. The molecular formula is C5H9ClNP. The number of rotatable bonds is 1. The van der Waals surface area contributed by atoms with Crippen molar-refractivity contribution in [3.63, 3.8) is 0 Å². The number of halogens is 1. The van der Waals surface area contributed by atoms with E-state index in [4.69, 9.17) is 11.8 Å². The van der Waals surface area contributed by atoms with Gasteiger partial charge in [-0.3, -0.25) is 0 Å². The molecule has 0 saturated carbocycles. The Balaban J connectivity index is 2.37. The molecule has 0 saturated heterocycles. The maximum Gasteiger partial charge on any atom is 0.0232 e. The van der Waals surface area contributed by atoms with Gasteiger partial charge in [0.25, 0.3) is 0 Å². The minimum atomic E-state index is 1.12. The Bertz CT molecular complexity index is 103. The number of nitrogens with one attached hydrogen (secondary N) is 1. The summed E-state index contributed by atoms with van der Waals surface area (Å²) in [5, 5.41) is 0. The number of hydrogen-bond acceptors (Lipinski definition) is 1. The van der Waals surface area contributed by atoms with Crippen LogP contribution in [0.5, 0.6) is 0 Å². The normalized spacial score (nSPS) is 22.9. The third-order valence-corrected chi connectivity index (χ3v) is 2.52. The van der Waals surface area contributed by atoms with Crippen LogP contribution in [-0.2, 0) is 0 Å². The van der Waals surface area contributed by atoms with Crippen LogP contribution in [0.25, 0.3) is 0 Å². The van der Waals surface area contributed by atoms with Gasteiger partial charge in [-0.05, 0) is 18.7 Å². The summed E-state index contributed by atoms with van der Waals surface area (Å²) < 4.78 is 0. The van der Waals surface area contributed by atoms with Crippen LogP contribution in [0.2, 0.25) is 0 Å². The highest BCUT2D eigenvalue weighted by Crippen LogP contribution is 2.20. The van der Waals surface area contributed by atoms with E-state index in [2.05, 4.69) is 10.9 Å². The van der Waals surface area contributed by atoms with Gasteiger partial charge in [0.1, 0.15) is 0 Å². The van der Waals surface area contributed by atoms with Gasteiger partial charge in [-0.15, -0.1) is 8.58 Å². The predicted molar refractivity (Wildman–Crippen MR) is 39.7 cm³/mol. The van der Waals surface area contributed by atoms with Gasteiger partial charge < -0.3 is 4.84 Å². The van der Waals surface area contributed by atoms with Gasteiger partial charge in [0, 0.05) is 17.5 Å². The van der Waals surface area contributed by atoms with Crippen molar-refractivity contribution in [1.29, 1.82) is 0 Å². The maximum absolute atomic E-state index is 5.37. The first kappa shape index (κ1) is 6.38. The van der Waals surface area contributed by atoms with E-state index < -0.39 is 0 Å². The highest BCUT2D eigenvalue weighted by Gasteiger charge is 1.99. The summed E-state index contributed by atoms with van der Waals surface area (Å²) in [5.41, 5.74) is 1.20. The van der Waals surface area contributed by atoms with E-state index in [9.17, 15) is 0 Å². The van der Waals surface area contributed by atoms with E-state index >= 15 is 0 Å². The minimum Gasteiger partial charge on any atom is -0.303 e. The van der Waals surface area contributed by atoms with Crippen molar-refractivity contribution in [2.45, 2.75) is 6.42 Å². The van der Waals surface area contributed by atoms with E-state index in [1.165, 1.54) is 18.0 Å². The molecule has 3 heteroatoms. The van der Waals surface area contributed by atoms with Gasteiger partial charge in [-0.2, -0.15) is 0 Å². The van der Waals surface area contributed by atoms with E-state index in [-0.39, 0.29) is 0 Å². The Morgan fingerprint density at radius 3 is 3.00 bits per heavy atom. The molecule has 1 aliphatic rings. The largest absolute Gasteiger partial charge is 0.303 e. The highest BCUT2D eigenvalue weighted by molar-refractivity contribution is 7.38. The molecule has 1 N–H and O–H groups in total. The Hall–Kier alpha value is 0.260. The summed E-state index contributed by atoms with van der Waals surface area (Å²) >= 11 is 5.37. The van der Waals surface area contributed by atoms with Crippen LogP contribution in [0.1, 0.15) is 6.42 Å². The standard InChI is InChI=1S/C5H9ClNP/c6-7-5-1-3-8-4-2-5/h1,7-8H,2-4H2. The highest BCUT2D eigenvalue weighted by atomic mass is 35.5.